The van der Waals surface area contributed by atoms with Crippen molar-refractivity contribution in [1.29, 1.82) is 0 Å². The molecule has 1 heterocycles. The van der Waals surface area contributed by atoms with Gasteiger partial charge in [-0.1, -0.05) is 0 Å². The standard InChI is InChI=1S/C8H15NO2.ClH/c1-7(10)11-6-8-3-2-4-9-5-8;/h8-9H,2-6H2,1H3;1H. The van der Waals surface area contributed by atoms with Gasteiger partial charge in [0.15, 0.2) is 0 Å². The molecule has 0 aromatic carbocycles. The summed E-state index contributed by atoms with van der Waals surface area (Å²) in [5.41, 5.74) is 0. The molecule has 0 aromatic heterocycles. The molecular formula is C8H16ClNO2. The van der Waals surface area contributed by atoms with Crippen molar-refractivity contribution in [3.63, 3.8) is 0 Å². The molecule has 0 amide bonds. The van der Waals surface area contributed by atoms with Gasteiger partial charge in [0.1, 0.15) is 0 Å². The van der Waals surface area contributed by atoms with Crippen molar-refractivity contribution in [3.05, 3.63) is 0 Å². The van der Waals surface area contributed by atoms with Gasteiger partial charge in [-0.25, -0.2) is 0 Å². The molecule has 1 fully saturated rings. The first kappa shape index (κ1) is 11.7. The van der Waals surface area contributed by atoms with E-state index in [9.17, 15) is 4.79 Å². The number of ether oxygens (including phenoxy) is 1. The second-order valence-electron chi connectivity index (χ2n) is 3.01. The van der Waals surface area contributed by atoms with Crippen molar-refractivity contribution in [3.8, 4) is 0 Å². The molecule has 1 aliphatic heterocycles. The predicted molar refractivity (Wildman–Crippen MR) is 49.5 cm³/mol. The molecule has 3 nitrogen and oxygen atoms in total. The second kappa shape index (κ2) is 6.26. The summed E-state index contributed by atoms with van der Waals surface area (Å²) in [7, 11) is 0. The summed E-state index contributed by atoms with van der Waals surface area (Å²) in [4.78, 5) is 10.4. The maximum absolute atomic E-state index is 10.4. The summed E-state index contributed by atoms with van der Waals surface area (Å²) < 4.78 is 4.90. The number of hydrogen-bond acceptors (Lipinski definition) is 3. The van der Waals surface area contributed by atoms with Crippen molar-refractivity contribution in [2.24, 2.45) is 5.92 Å². The molecule has 72 valence electrons. The molecule has 0 aliphatic carbocycles. The molecule has 1 aliphatic rings. The van der Waals surface area contributed by atoms with Crippen molar-refractivity contribution in [1.82, 2.24) is 5.32 Å². The second-order valence-corrected chi connectivity index (χ2v) is 3.01. The molecule has 1 atom stereocenters. The molecule has 0 saturated carbocycles. The zero-order chi connectivity index (χ0) is 8.10. The number of carbonyl (C=O) groups excluding carboxylic acids is 1. The monoisotopic (exact) mass is 193 g/mol. The number of esters is 1. The Kier molecular flexibility index (Phi) is 6.11. The van der Waals surface area contributed by atoms with Crippen LogP contribution in [0, 0.1) is 5.92 Å². The first-order valence-electron chi connectivity index (χ1n) is 4.13. The maximum atomic E-state index is 10.4. The third-order valence-corrected chi connectivity index (χ3v) is 1.92. The van der Waals surface area contributed by atoms with Crippen LogP contribution in [0.1, 0.15) is 19.8 Å². The summed E-state index contributed by atoms with van der Waals surface area (Å²) >= 11 is 0. The molecule has 1 rings (SSSR count). The number of rotatable bonds is 2. The third kappa shape index (κ3) is 4.57. The lowest BCUT2D eigenvalue weighted by Crippen LogP contribution is -2.32. The van der Waals surface area contributed by atoms with E-state index in [1.165, 1.54) is 19.8 Å². The summed E-state index contributed by atoms with van der Waals surface area (Å²) in [6, 6.07) is 0. The average Bonchev–Trinajstić information content (AvgIpc) is 2.03. The highest BCUT2D eigenvalue weighted by molar-refractivity contribution is 5.85. The summed E-state index contributed by atoms with van der Waals surface area (Å²) in [5, 5.41) is 3.27. The Morgan fingerprint density at radius 1 is 1.67 bits per heavy atom. The highest BCUT2D eigenvalue weighted by atomic mass is 35.5. The van der Waals surface area contributed by atoms with Crippen LogP contribution in [0.5, 0.6) is 0 Å². The molecule has 12 heavy (non-hydrogen) atoms. The number of carbonyl (C=O) groups is 1. The van der Waals surface area contributed by atoms with Gasteiger partial charge in [0.2, 0.25) is 0 Å². The van der Waals surface area contributed by atoms with Crippen LogP contribution in [0.15, 0.2) is 0 Å². The highest BCUT2D eigenvalue weighted by Crippen LogP contribution is 2.09. The largest absolute Gasteiger partial charge is 0.466 e. The van der Waals surface area contributed by atoms with E-state index in [-0.39, 0.29) is 18.4 Å². The van der Waals surface area contributed by atoms with Gasteiger partial charge >= 0.3 is 5.97 Å². The molecule has 0 bridgehead atoms. The molecule has 0 aromatic rings. The molecule has 0 radical (unpaired) electrons. The molecule has 0 spiro atoms. The fourth-order valence-electron chi connectivity index (χ4n) is 1.30. The van der Waals surface area contributed by atoms with Gasteiger partial charge in [0, 0.05) is 19.4 Å². The topological polar surface area (TPSA) is 38.3 Å². The van der Waals surface area contributed by atoms with E-state index < -0.39 is 0 Å². The first-order chi connectivity index (χ1) is 5.29. The minimum Gasteiger partial charge on any atom is -0.466 e. The van der Waals surface area contributed by atoms with E-state index in [0.717, 1.165) is 13.1 Å². The zero-order valence-corrected chi connectivity index (χ0v) is 8.15. The van der Waals surface area contributed by atoms with Crippen LogP contribution in [0.2, 0.25) is 0 Å². The van der Waals surface area contributed by atoms with Crippen LogP contribution >= 0.6 is 12.4 Å². The summed E-state index contributed by atoms with van der Waals surface area (Å²) in [6.45, 7) is 4.14. The molecule has 1 saturated heterocycles. The van der Waals surface area contributed by atoms with Gasteiger partial charge in [-0.3, -0.25) is 4.79 Å². The van der Waals surface area contributed by atoms with Crippen molar-refractivity contribution >= 4 is 18.4 Å². The molecule has 4 heteroatoms. The Balaban J connectivity index is 0.00000121. The lowest BCUT2D eigenvalue weighted by molar-refractivity contribution is -0.142. The first-order valence-corrected chi connectivity index (χ1v) is 4.13. The lowest BCUT2D eigenvalue weighted by Gasteiger charge is -2.21. The Hall–Kier alpha value is -0.280. The summed E-state index contributed by atoms with van der Waals surface area (Å²) in [5.74, 6) is 0.364. The van der Waals surface area contributed by atoms with E-state index in [1.54, 1.807) is 0 Å². The zero-order valence-electron chi connectivity index (χ0n) is 7.34. The van der Waals surface area contributed by atoms with Crippen LogP contribution in [-0.4, -0.2) is 25.7 Å². The van der Waals surface area contributed by atoms with Crippen molar-refractivity contribution in [2.45, 2.75) is 19.8 Å². The number of hydrogen-bond donors (Lipinski definition) is 1. The Bertz CT molecular complexity index is 135. The number of halogens is 1. The van der Waals surface area contributed by atoms with Crippen LogP contribution in [0.4, 0.5) is 0 Å². The quantitative estimate of drug-likeness (QED) is 0.665. The van der Waals surface area contributed by atoms with E-state index in [0.29, 0.717) is 12.5 Å². The van der Waals surface area contributed by atoms with Gasteiger partial charge in [0.05, 0.1) is 6.61 Å². The van der Waals surface area contributed by atoms with Crippen molar-refractivity contribution < 1.29 is 9.53 Å². The van der Waals surface area contributed by atoms with E-state index in [1.807, 2.05) is 0 Å². The molecule has 1 N–H and O–H groups in total. The normalized spacial score (nSPS) is 22.6. The fraction of sp³-hybridized carbons (Fsp3) is 0.875. The average molecular weight is 194 g/mol. The number of nitrogens with one attached hydrogen (secondary N) is 1. The van der Waals surface area contributed by atoms with Gasteiger partial charge in [0.25, 0.3) is 0 Å². The Morgan fingerprint density at radius 2 is 2.42 bits per heavy atom. The van der Waals surface area contributed by atoms with Gasteiger partial charge < -0.3 is 10.1 Å². The van der Waals surface area contributed by atoms with Gasteiger partial charge in [-0.15, -0.1) is 12.4 Å². The van der Waals surface area contributed by atoms with Gasteiger partial charge in [-0.2, -0.15) is 0 Å². The van der Waals surface area contributed by atoms with Gasteiger partial charge in [-0.05, 0) is 19.4 Å². The predicted octanol–water partition coefficient (Wildman–Crippen LogP) is 0.971. The Labute approximate surface area is 79.3 Å². The van der Waals surface area contributed by atoms with Crippen LogP contribution in [0.3, 0.4) is 0 Å². The SMILES string of the molecule is CC(=O)OCC1CCCNC1.Cl. The smallest absolute Gasteiger partial charge is 0.302 e. The summed E-state index contributed by atoms with van der Waals surface area (Å²) in [6.07, 6.45) is 2.38. The third-order valence-electron chi connectivity index (χ3n) is 1.92. The van der Waals surface area contributed by atoms with Crippen LogP contribution < -0.4 is 5.32 Å². The molecule has 1 unspecified atom stereocenters. The maximum Gasteiger partial charge on any atom is 0.302 e. The van der Waals surface area contributed by atoms with E-state index in [2.05, 4.69) is 5.32 Å². The van der Waals surface area contributed by atoms with E-state index >= 15 is 0 Å². The Morgan fingerprint density at radius 3 is 2.92 bits per heavy atom. The lowest BCUT2D eigenvalue weighted by atomic mass is 10.0. The van der Waals surface area contributed by atoms with Crippen LogP contribution in [0.25, 0.3) is 0 Å². The van der Waals surface area contributed by atoms with Crippen molar-refractivity contribution in [2.75, 3.05) is 19.7 Å². The van der Waals surface area contributed by atoms with E-state index in [4.69, 9.17) is 4.74 Å². The minimum atomic E-state index is -0.171. The fourth-order valence-corrected chi connectivity index (χ4v) is 1.30. The van der Waals surface area contributed by atoms with Crippen LogP contribution in [-0.2, 0) is 9.53 Å². The molecular weight excluding hydrogens is 178 g/mol. The number of piperidine rings is 1. The highest BCUT2D eigenvalue weighted by Gasteiger charge is 2.13. The minimum absolute atomic E-state index is 0.